The van der Waals surface area contributed by atoms with E-state index in [0.717, 1.165) is 12.1 Å². The maximum absolute atomic E-state index is 11.9. The second-order valence-corrected chi connectivity index (χ2v) is 7.34. The molecule has 0 aliphatic heterocycles. The zero-order chi connectivity index (χ0) is 16.8. The number of benzene rings is 1. The van der Waals surface area contributed by atoms with Crippen molar-refractivity contribution in [2.45, 2.75) is 37.3 Å². The molecule has 1 aliphatic carbocycles. The van der Waals surface area contributed by atoms with Crippen LogP contribution in [0.25, 0.3) is 11.5 Å². The first kappa shape index (κ1) is 17.3. The summed E-state index contributed by atoms with van der Waals surface area (Å²) in [6.45, 7) is 0.775. The summed E-state index contributed by atoms with van der Waals surface area (Å²) in [6, 6.07) is 7.23. The first-order valence-corrected chi connectivity index (χ1v) is 9.56. The van der Waals surface area contributed by atoms with Crippen molar-refractivity contribution in [3.63, 3.8) is 0 Å². The zero-order valence-electron chi connectivity index (χ0n) is 13.3. The zero-order valence-corrected chi connectivity index (χ0v) is 14.9. The third-order valence-corrected chi connectivity index (χ3v) is 5.17. The summed E-state index contributed by atoms with van der Waals surface area (Å²) in [6.07, 6.45) is 6.33. The second kappa shape index (κ2) is 8.53. The highest BCUT2D eigenvalue weighted by Gasteiger charge is 2.15. The van der Waals surface area contributed by atoms with E-state index in [0.29, 0.717) is 22.1 Å². The Morgan fingerprint density at radius 3 is 2.92 bits per heavy atom. The van der Waals surface area contributed by atoms with E-state index in [1.54, 1.807) is 12.1 Å². The van der Waals surface area contributed by atoms with Crippen molar-refractivity contribution in [1.82, 2.24) is 15.5 Å². The molecule has 1 heterocycles. The van der Waals surface area contributed by atoms with E-state index < -0.39 is 0 Å². The summed E-state index contributed by atoms with van der Waals surface area (Å²) in [7, 11) is 0. The molecule has 0 bridgehead atoms. The van der Waals surface area contributed by atoms with Crippen molar-refractivity contribution in [1.29, 1.82) is 0 Å². The normalized spacial score (nSPS) is 15.4. The number of hydrogen-bond acceptors (Lipinski definition) is 5. The molecule has 1 amide bonds. The molecule has 128 valence electrons. The minimum absolute atomic E-state index is 0.00748. The topological polar surface area (TPSA) is 68.0 Å². The number of nitrogens with zero attached hydrogens (tertiary/aromatic N) is 2. The highest BCUT2D eigenvalue weighted by molar-refractivity contribution is 7.99. The highest BCUT2D eigenvalue weighted by atomic mass is 35.5. The van der Waals surface area contributed by atoms with Crippen molar-refractivity contribution in [3.05, 3.63) is 29.3 Å². The van der Waals surface area contributed by atoms with Crippen LogP contribution in [0.2, 0.25) is 5.02 Å². The van der Waals surface area contributed by atoms with Crippen molar-refractivity contribution in [2.75, 3.05) is 12.3 Å². The van der Waals surface area contributed by atoms with Gasteiger partial charge in [0.1, 0.15) is 0 Å². The van der Waals surface area contributed by atoms with Crippen LogP contribution in [0.15, 0.2) is 33.9 Å². The third kappa shape index (κ3) is 4.98. The summed E-state index contributed by atoms with van der Waals surface area (Å²) in [5, 5.41) is 12.0. The number of carbonyl (C=O) groups excluding carboxylic acids is 1. The van der Waals surface area contributed by atoms with E-state index in [1.165, 1.54) is 43.9 Å². The molecule has 3 rings (SSSR count). The Morgan fingerprint density at radius 1 is 1.29 bits per heavy atom. The first-order chi connectivity index (χ1) is 11.7. The van der Waals surface area contributed by atoms with E-state index >= 15 is 0 Å². The molecule has 1 fully saturated rings. The Morgan fingerprint density at radius 2 is 2.12 bits per heavy atom. The molecule has 1 N–H and O–H groups in total. The predicted octanol–water partition coefficient (Wildman–Crippen LogP) is 4.18. The molecule has 0 saturated heterocycles. The van der Waals surface area contributed by atoms with Crippen LogP contribution < -0.4 is 5.32 Å². The van der Waals surface area contributed by atoms with Crippen molar-refractivity contribution < 1.29 is 9.21 Å². The largest absolute Gasteiger partial charge is 0.411 e. The van der Waals surface area contributed by atoms with E-state index in [2.05, 4.69) is 15.5 Å². The van der Waals surface area contributed by atoms with Gasteiger partial charge in [0, 0.05) is 17.1 Å². The molecule has 1 aromatic carbocycles. The Balaban J connectivity index is 1.45. The van der Waals surface area contributed by atoms with Gasteiger partial charge in [-0.1, -0.05) is 48.7 Å². The SMILES string of the molecule is O=C(CSc1nnc(-c2cccc(Cl)c2)o1)NCC1CCCCC1. The van der Waals surface area contributed by atoms with Crippen molar-refractivity contribution in [2.24, 2.45) is 5.92 Å². The molecule has 2 aromatic rings. The molecule has 24 heavy (non-hydrogen) atoms. The molecule has 0 unspecified atom stereocenters. The molecule has 1 aromatic heterocycles. The molecule has 1 saturated carbocycles. The lowest BCUT2D eigenvalue weighted by Gasteiger charge is -2.21. The average Bonchev–Trinajstić information content (AvgIpc) is 3.08. The Hall–Kier alpha value is -1.53. The van der Waals surface area contributed by atoms with Gasteiger partial charge >= 0.3 is 0 Å². The summed E-state index contributed by atoms with van der Waals surface area (Å²) in [5.41, 5.74) is 0.767. The van der Waals surface area contributed by atoms with Crippen LogP contribution in [0, 0.1) is 5.92 Å². The number of halogens is 1. The standard InChI is InChI=1S/C17H20ClN3O2S/c18-14-8-4-7-13(9-14)16-20-21-17(23-16)24-11-15(22)19-10-12-5-2-1-3-6-12/h4,7-9,12H,1-3,5-6,10-11H2,(H,19,22). The van der Waals surface area contributed by atoms with Gasteiger partial charge in [-0.05, 0) is 37.0 Å². The van der Waals surface area contributed by atoms with Crippen LogP contribution >= 0.6 is 23.4 Å². The van der Waals surface area contributed by atoms with E-state index in [4.69, 9.17) is 16.0 Å². The van der Waals surface area contributed by atoms with Gasteiger partial charge in [0.15, 0.2) is 0 Å². The molecule has 5 nitrogen and oxygen atoms in total. The van der Waals surface area contributed by atoms with Gasteiger partial charge in [-0.15, -0.1) is 10.2 Å². The minimum atomic E-state index is 0.00748. The molecule has 0 radical (unpaired) electrons. The molecular weight excluding hydrogens is 346 g/mol. The van der Waals surface area contributed by atoms with Gasteiger partial charge in [0.05, 0.1) is 5.75 Å². The van der Waals surface area contributed by atoms with E-state index in [1.807, 2.05) is 12.1 Å². The molecular formula is C17H20ClN3O2S. The van der Waals surface area contributed by atoms with Gasteiger partial charge in [-0.2, -0.15) is 0 Å². The number of rotatable bonds is 6. The monoisotopic (exact) mass is 365 g/mol. The maximum Gasteiger partial charge on any atom is 0.277 e. The fourth-order valence-corrected chi connectivity index (χ4v) is 3.62. The lowest BCUT2D eigenvalue weighted by molar-refractivity contribution is -0.118. The summed E-state index contributed by atoms with van der Waals surface area (Å²) in [4.78, 5) is 11.9. The Bertz CT molecular complexity index is 686. The number of amides is 1. The lowest BCUT2D eigenvalue weighted by atomic mass is 9.89. The summed E-state index contributed by atoms with van der Waals surface area (Å²) in [5.74, 6) is 1.32. The van der Waals surface area contributed by atoms with Gasteiger partial charge < -0.3 is 9.73 Å². The van der Waals surface area contributed by atoms with Gasteiger partial charge in [0.25, 0.3) is 5.22 Å². The van der Waals surface area contributed by atoms with Crippen molar-refractivity contribution >= 4 is 29.3 Å². The van der Waals surface area contributed by atoms with Gasteiger partial charge in [0.2, 0.25) is 11.8 Å². The molecule has 0 atom stereocenters. The number of carbonyl (C=O) groups is 1. The number of aromatic nitrogens is 2. The quantitative estimate of drug-likeness (QED) is 0.778. The fraction of sp³-hybridized carbons (Fsp3) is 0.471. The average molecular weight is 366 g/mol. The Kier molecular flexibility index (Phi) is 6.15. The van der Waals surface area contributed by atoms with Crippen LogP contribution in [0.3, 0.4) is 0 Å². The maximum atomic E-state index is 11.9. The van der Waals surface area contributed by atoms with Gasteiger partial charge in [-0.25, -0.2) is 0 Å². The summed E-state index contributed by atoms with van der Waals surface area (Å²) < 4.78 is 5.57. The number of hydrogen-bond donors (Lipinski definition) is 1. The van der Waals surface area contributed by atoms with Crippen LogP contribution in [-0.4, -0.2) is 28.4 Å². The van der Waals surface area contributed by atoms with Gasteiger partial charge in [-0.3, -0.25) is 4.79 Å². The summed E-state index contributed by atoms with van der Waals surface area (Å²) >= 11 is 7.20. The predicted molar refractivity (Wildman–Crippen MR) is 95.1 cm³/mol. The fourth-order valence-electron chi connectivity index (χ4n) is 2.83. The van der Waals surface area contributed by atoms with Crippen LogP contribution in [-0.2, 0) is 4.79 Å². The lowest BCUT2D eigenvalue weighted by Crippen LogP contribution is -2.31. The van der Waals surface area contributed by atoms with E-state index in [-0.39, 0.29) is 11.7 Å². The third-order valence-electron chi connectivity index (χ3n) is 4.12. The Labute approximate surface area is 150 Å². The first-order valence-electron chi connectivity index (χ1n) is 8.19. The second-order valence-electron chi connectivity index (χ2n) is 5.98. The molecule has 7 heteroatoms. The van der Waals surface area contributed by atoms with Crippen LogP contribution in [0.4, 0.5) is 0 Å². The van der Waals surface area contributed by atoms with Crippen LogP contribution in [0.5, 0.6) is 0 Å². The minimum Gasteiger partial charge on any atom is -0.411 e. The smallest absolute Gasteiger partial charge is 0.277 e. The molecule has 1 aliphatic rings. The molecule has 0 spiro atoms. The van der Waals surface area contributed by atoms with Crippen molar-refractivity contribution in [3.8, 4) is 11.5 Å². The van der Waals surface area contributed by atoms with Crippen LogP contribution in [0.1, 0.15) is 32.1 Å². The number of thioether (sulfide) groups is 1. The highest BCUT2D eigenvalue weighted by Crippen LogP contribution is 2.25. The van der Waals surface area contributed by atoms with E-state index in [9.17, 15) is 4.79 Å². The number of nitrogens with one attached hydrogen (secondary N) is 1.